The maximum absolute atomic E-state index is 13.2. The van der Waals surface area contributed by atoms with Crippen LogP contribution in [-0.2, 0) is 42.9 Å². The molecule has 1 saturated heterocycles. The molecule has 1 aliphatic rings. The molecule has 1 aliphatic heterocycles. The molecule has 12 nitrogen and oxygen atoms in total. The Bertz CT molecular complexity index is 1730. The van der Waals surface area contributed by atoms with Gasteiger partial charge >= 0.3 is 23.9 Å². The molecular formula is C69H116O12. The molecular weight excluding hydrogens is 1020 g/mol. The number of allylic oxidation sites excluding steroid dienone is 14. The number of aliphatic carboxylic acids is 1. The Morgan fingerprint density at radius 2 is 0.802 bits per heavy atom. The zero-order chi connectivity index (χ0) is 58.9. The predicted octanol–water partition coefficient (Wildman–Crippen LogP) is 17.5. The van der Waals surface area contributed by atoms with Gasteiger partial charge in [-0.3, -0.25) is 14.4 Å². The summed E-state index contributed by atoms with van der Waals surface area (Å²) in [5.41, 5.74) is 0. The number of aliphatic hydroxyl groups excluding tert-OH is 2. The van der Waals surface area contributed by atoms with Crippen LogP contribution < -0.4 is 0 Å². The number of ether oxygens (including phenoxy) is 5. The zero-order valence-corrected chi connectivity index (χ0v) is 51.3. The van der Waals surface area contributed by atoms with E-state index in [-0.39, 0.29) is 25.9 Å². The van der Waals surface area contributed by atoms with Crippen LogP contribution in [-0.4, -0.2) is 89.2 Å². The molecule has 1 fully saturated rings. The summed E-state index contributed by atoms with van der Waals surface area (Å²) in [7, 11) is 0. The molecule has 1 heterocycles. The smallest absolute Gasteiger partial charge is 0.335 e. The van der Waals surface area contributed by atoms with Crippen LogP contribution in [0.1, 0.15) is 278 Å². The maximum atomic E-state index is 13.2. The largest absolute Gasteiger partial charge is 0.479 e. The number of carboxylic acids is 1. The lowest BCUT2D eigenvalue weighted by Crippen LogP contribution is -2.61. The van der Waals surface area contributed by atoms with Crippen LogP contribution in [0.15, 0.2) is 85.1 Å². The molecule has 0 radical (unpaired) electrons. The number of hydrogen-bond donors (Lipinski definition) is 3. The van der Waals surface area contributed by atoms with E-state index in [0.29, 0.717) is 19.3 Å². The number of carbonyl (C=O) groups is 4. The van der Waals surface area contributed by atoms with E-state index in [2.05, 4.69) is 106 Å². The number of carboxylic acid groups (broad SMARTS) is 1. The van der Waals surface area contributed by atoms with Crippen molar-refractivity contribution in [1.29, 1.82) is 0 Å². The lowest BCUT2D eigenvalue weighted by Gasteiger charge is -2.40. The molecule has 464 valence electrons. The molecule has 0 bridgehead atoms. The molecule has 3 N–H and O–H groups in total. The van der Waals surface area contributed by atoms with E-state index < -0.39 is 67.3 Å². The van der Waals surface area contributed by atoms with E-state index in [9.17, 15) is 34.5 Å². The second kappa shape index (κ2) is 56.4. The highest BCUT2D eigenvalue weighted by atomic mass is 16.7. The van der Waals surface area contributed by atoms with E-state index in [1.807, 2.05) is 0 Å². The third-order valence-electron chi connectivity index (χ3n) is 14.4. The van der Waals surface area contributed by atoms with Gasteiger partial charge in [-0.25, -0.2) is 4.79 Å². The van der Waals surface area contributed by atoms with Gasteiger partial charge in [0, 0.05) is 19.3 Å². The van der Waals surface area contributed by atoms with Gasteiger partial charge in [0.05, 0.1) is 6.61 Å². The Kier molecular flexibility index (Phi) is 52.1. The number of rotatable bonds is 55. The summed E-state index contributed by atoms with van der Waals surface area (Å²) < 4.78 is 28.5. The van der Waals surface area contributed by atoms with Crippen LogP contribution in [0.3, 0.4) is 0 Å². The number of aliphatic hydroxyl groups is 2. The highest BCUT2D eigenvalue weighted by Gasteiger charge is 2.50. The van der Waals surface area contributed by atoms with Gasteiger partial charge < -0.3 is 39.0 Å². The lowest BCUT2D eigenvalue weighted by molar-refractivity contribution is -0.301. The molecule has 0 spiro atoms. The van der Waals surface area contributed by atoms with Crippen LogP contribution in [0, 0.1) is 0 Å². The van der Waals surface area contributed by atoms with E-state index in [4.69, 9.17) is 23.7 Å². The summed E-state index contributed by atoms with van der Waals surface area (Å²) in [6.45, 7) is 5.82. The SMILES string of the molecule is CC/C=C\C/C=C\C/C=C\C/C=C\CCCCCCCCC(=O)OC1C(OCC(COC(=O)CCCCCCCCCCC/C=C\CCCCCCCC)OC(=O)CCCCCCC/C=C\C/C=C\CCC)OC(C(=O)O)C(O)C1O. The molecule has 0 aromatic rings. The second-order valence-electron chi connectivity index (χ2n) is 22.0. The quantitative estimate of drug-likeness (QED) is 0.0228. The predicted molar refractivity (Wildman–Crippen MR) is 331 cm³/mol. The molecule has 12 heteroatoms. The number of esters is 3. The van der Waals surface area contributed by atoms with Crippen LogP contribution >= 0.6 is 0 Å². The Labute approximate surface area is 492 Å². The number of hydrogen-bond acceptors (Lipinski definition) is 11. The van der Waals surface area contributed by atoms with Gasteiger partial charge in [-0.05, 0) is 109 Å². The van der Waals surface area contributed by atoms with Gasteiger partial charge in [0.1, 0.15) is 18.8 Å². The van der Waals surface area contributed by atoms with E-state index in [1.165, 1.54) is 83.5 Å². The highest BCUT2D eigenvalue weighted by Crippen LogP contribution is 2.27. The summed E-state index contributed by atoms with van der Waals surface area (Å²) >= 11 is 0. The van der Waals surface area contributed by atoms with Crippen LogP contribution in [0.5, 0.6) is 0 Å². The van der Waals surface area contributed by atoms with E-state index in [0.717, 1.165) is 135 Å². The van der Waals surface area contributed by atoms with Gasteiger partial charge in [-0.2, -0.15) is 0 Å². The third kappa shape index (κ3) is 46.0. The van der Waals surface area contributed by atoms with Crippen molar-refractivity contribution < 1.29 is 58.2 Å². The summed E-state index contributed by atoms with van der Waals surface area (Å²) in [6, 6.07) is 0. The van der Waals surface area contributed by atoms with Crippen molar-refractivity contribution in [3.63, 3.8) is 0 Å². The van der Waals surface area contributed by atoms with Crippen LogP contribution in [0.2, 0.25) is 0 Å². The normalized spacial score (nSPS) is 18.3. The first kappa shape index (κ1) is 74.9. The maximum Gasteiger partial charge on any atom is 0.335 e. The average molecular weight is 1140 g/mol. The third-order valence-corrected chi connectivity index (χ3v) is 14.4. The first-order chi connectivity index (χ1) is 39.6. The Morgan fingerprint density at radius 3 is 1.25 bits per heavy atom. The van der Waals surface area contributed by atoms with Crippen LogP contribution in [0.4, 0.5) is 0 Å². The fourth-order valence-electron chi connectivity index (χ4n) is 9.45. The van der Waals surface area contributed by atoms with Gasteiger partial charge in [0.15, 0.2) is 24.6 Å². The molecule has 6 unspecified atom stereocenters. The van der Waals surface area contributed by atoms with Crippen molar-refractivity contribution >= 4 is 23.9 Å². The minimum Gasteiger partial charge on any atom is -0.479 e. The zero-order valence-electron chi connectivity index (χ0n) is 51.3. The van der Waals surface area contributed by atoms with Crippen molar-refractivity contribution in [2.45, 2.75) is 314 Å². The van der Waals surface area contributed by atoms with Crippen molar-refractivity contribution in [2.24, 2.45) is 0 Å². The first-order valence-corrected chi connectivity index (χ1v) is 32.6. The monoisotopic (exact) mass is 1140 g/mol. The molecule has 81 heavy (non-hydrogen) atoms. The fourth-order valence-corrected chi connectivity index (χ4v) is 9.45. The van der Waals surface area contributed by atoms with Crippen molar-refractivity contribution in [3.05, 3.63) is 85.1 Å². The molecule has 1 rings (SSSR count). The topological polar surface area (TPSA) is 175 Å². The summed E-state index contributed by atoms with van der Waals surface area (Å²) in [4.78, 5) is 51.3. The van der Waals surface area contributed by atoms with Crippen molar-refractivity contribution in [2.75, 3.05) is 13.2 Å². The molecule has 6 atom stereocenters. The number of carbonyl (C=O) groups excluding carboxylic acids is 3. The molecule has 0 aliphatic carbocycles. The minimum atomic E-state index is -1.91. The van der Waals surface area contributed by atoms with E-state index in [1.54, 1.807) is 0 Å². The molecule has 0 aromatic heterocycles. The molecule has 0 saturated carbocycles. The second-order valence-corrected chi connectivity index (χ2v) is 22.0. The summed E-state index contributed by atoms with van der Waals surface area (Å²) in [6.07, 6.45) is 61.1. The van der Waals surface area contributed by atoms with Crippen molar-refractivity contribution in [1.82, 2.24) is 0 Å². The standard InChI is InChI=1S/C69H116O12/c1-4-7-10-13-16-19-22-25-27-29-31-33-35-38-40-43-46-49-52-55-61(70)77-58-60(79-62(71)56-53-50-47-44-41-37-24-21-18-15-12-9-6-3)59-78-69-67(65(74)64(73)66(81-69)68(75)76)80-63(72)57-54-51-48-45-42-39-36-34-32-30-28-26-23-20-17-14-11-8-5-2/h8,11-12,15,17,20-21,24-28,32,34,60,64-67,69,73-74H,4-7,9-10,13-14,16,18-19,22-23,29-31,33,35-59H2,1-3H3,(H,75,76)/b11-8-,15-12-,20-17-,24-21-,27-25-,28-26-,34-32-. The Balaban J connectivity index is 2.65. The first-order valence-electron chi connectivity index (χ1n) is 32.6. The fraction of sp³-hybridized carbons (Fsp3) is 0.739. The summed E-state index contributed by atoms with van der Waals surface area (Å²) in [5.74, 6) is -3.15. The molecule has 0 aromatic carbocycles. The van der Waals surface area contributed by atoms with Gasteiger partial charge in [-0.1, -0.05) is 234 Å². The minimum absolute atomic E-state index is 0.0400. The van der Waals surface area contributed by atoms with Gasteiger partial charge in [0.2, 0.25) is 0 Å². The Morgan fingerprint density at radius 1 is 0.420 bits per heavy atom. The van der Waals surface area contributed by atoms with Crippen LogP contribution in [0.25, 0.3) is 0 Å². The Hall–Kier alpha value is -4.10. The number of unbranched alkanes of at least 4 members (excludes halogenated alkanes) is 27. The van der Waals surface area contributed by atoms with Crippen molar-refractivity contribution in [3.8, 4) is 0 Å². The molecule has 0 amide bonds. The summed E-state index contributed by atoms with van der Waals surface area (Å²) in [5, 5.41) is 31.6. The van der Waals surface area contributed by atoms with Gasteiger partial charge in [-0.15, -0.1) is 0 Å². The average Bonchev–Trinajstić information content (AvgIpc) is 3.54. The lowest BCUT2D eigenvalue weighted by atomic mass is 9.98. The van der Waals surface area contributed by atoms with E-state index >= 15 is 0 Å². The highest BCUT2D eigenvalue weighted by molar-refractivity contribution is 5.74. The van der Waals surface area contributed by atoms with Gasteiger partial charge in [0.25, 0.3) is 0 Å².